The van der Waals surface area contributed by atoms with Crippen LogP contribution in [0.5, 0.6) is 0 Å². The minimum Gasteiger partial charge on any atom is -0.382 e. The molecule has 0 aliphatic rings. The number of rotatable bonds is 6. The lowest BCUT2D eigenvalue weighted by Gasteiger charge is -2.27. The highest BCUT2D eigenvalue weighted by molar-refractivity contribution is 6.07. The first kappa shape index (κ1) is 19.7. The number of benzene rings is 1. The van der Waals surface area contributed by atoms with E-state index in [0.29, 0.717) is 43.3 Å². The summed E-state index contributed by atoms with van der Waals surface area (Å²) in [6.45, 7) is 8.24. The van der Waals surface area contributed by atoms with E-state index in [1.807, 2.05) is 45.0 Å². The molecule has 0 atom stereocenters. The summed E-state index contributed by atoms with van der Waals surface area (Å²) >= 11 is 0. The number of carbonyl (C=O) groups excluding carboxylic acids is 1. The number of aromatic nitrogens is 5. The molecule has 156 valence electrons. The van der Waals surface area contributed by atoms with Gasteiger partial charge in [-0.3, -0.25) is 5.10 Å². The Labute approximate surface area is 174 Å². The number of carbonyl (C=O) groups is 1. The maximum atomic E-state index is 12.8. The van der Waals surface area contributed by atoms with E-state index < -0.39 is 0 Å². The largest absolute Gasteiger partial charge is 0.382 e. The van der Waals surface area contributed by atoms with E-state index in [-0.39, 0.29) is 6.03 Å². The molecule has 0 aliphatic carbocycles. The Hall–Kier alpha value is -3.62. The van der Waals surface area contributed by atoms with Crippen molar-refractivity contribution in [2.24, 2.45) is 0 Å². The van der Waals surface area contributed by atoms with Crippen LogP contribution in [0.15, 0.2) is 30.5 Å². The molecule has 0 spiro atoms. The molecule has 0 bridgehead atoms. The molecule has 0 saturated heterocycles. The number of nitrogens with one attached hydrogen (secondary N) is 2. The van der Waals surface area contributed by atoms with Crippen LogP contribution in [0.3, 0.4) is 0 Å². The molecule has 4 aromatic rings. The summed E-state index contributed by atoms with van der Waals surface area (Å²) in [4.78, 5) is 28.9. The van der Waals surface area contributed by atoms with E-state index in [9.17, 15) is 4.79 Å². The summed E-state index contributed by atoms with van der Waals surface area (Å²) in [6, 6.07) is 7.87. The molecule has 4 N–H and O–H groups in total. The lowest BCUT2D eigenvalue weighted by atomic mass is 10.1. The first-order chi connectivity index (χ1) is 14.5. The van der Waals surface area contributed by atoms with Crippen LogP contribution >= 0.6 is 0 Å². The Morgan fingerprint density at radius 3 is 2.50 bits per heavy atom. The van der Waals surface area contributed by atoms with Gasteiger partial charge in [-0.1, -0.05) is 6.07 Å². The average Bonchev–Trinajstić information content (AvgIpc) is 3.43. The smallest absolute Gasteiger partial charge is 0.320 e. The predicted molar refractivity (Wildman–Crippen MR) is 118 cm³/mol. The monoisotopic (exact) mass is 406 g/mol. The number of H-pyrrole nitrogens is 2. The number of anilines is 1. The van der Waals surface area contributed by atoms with E-state index in [2.05, 4.69) is 20.2 Å². The number of pyridine rings is 1. The van der Waals surface area contributed by atoms with Gasteiger partial charge in [-0.25, -0.2) is 14.8 Å². The van der Waals surface area contributed by atoms with Gasteiger partial charge in [0.25, 0.3) is 0 Å². The van der Waals surface area contributed by atoms with Crippen molar-refractivity contribution in [2.75, 3.05) is 25.4 Å². The predicted octanol–water partition coefficient (Wildman–Crippen LogP) is 3.37. The molecule has 9 heteroatoms. The van der Waals surface area contributed by atoms with Crippen molar-refractivity contribution in [3.05, 3.63) is 36.3 Å². The molecule has 0 saturated carbocycles. The Bertz CT molecular complexity index is 1180. The zero-order chi connectivity index (χ0) is 21.3. The van der Waals surface area contributed by atoms with Gasteiger partial charge in [0.2, 0.25) is 0 Å². The number of aromatic amines is 2. The first-order valence-electron chi connectivity index (χ1n) is 10.2. The number of nitrogens with zero attached hydrogens (tertiary/aromatic N) is 5. The number of nitrogen functional groups attached to an aromatic ring is 1. The van der Waals surface area contributed by atoms with Gasteiger partial charge in [-0.15, -0.1) is 0 Å². The van der Waals surface area contributed by atoms with Crippen LogP contribution in [0.2, 0.25) is 0 Å². The summed E-state index contributed by atoms with van der Waals surface area (Å²) < 4.78 is 0. The standard InChI is InChI=1S/C21H26N8O/c1-4-28(5-2)21(30)29(6-3)12-17-25-18-14-8-7-13(15-9-10-23-27-15)11-16(14)24-20(22)19(18)26-17/h7-11H,4-6,12H2,1-3H3,(H2,22,24)(H,23,27)(H,25,26). The molecule has 4 rings (SSSR count). The molecule has 0 aliphatic heterocycles. The van der Waals surface area contributed by atoms with Gasteiger partial charge in [-0.2, -0.15) is 5.10 Å². The minimum atomic E-state index is 0.00288. The molecule has 9 nitrogen and oxygen atoms in total. The Kier molecular flexibility index (Phi) is 5.26. The molecule has 3 heterocycles. The second-order valence-electron chi connectivity index (χ2n) is 7.08. The molecule has 1 aromatic carbocycles. The second-order valence-corrected chi connectivity index (χ2v) is 7.08. The highest BCUT2D eigenvalue weighted by Gasteiger charge is 2.20. The number of nitrogens with two attached hydrogens (primary N) is 1. The maximum absolute atomic E-state index is 12.8. The van der Waals surface area contributed by atoms with Gasteiger partial charge in [0.15, 0.2) is 0 Å². The van der Waals surface area contributed by atoms with Crippen molar-refractivity contribution in [3.8, 4) is 11.3 Å². The first-order valence-corrected chi connectivity index (χ1v) is 10.2. The summed E-state index contributed by atoms with van der Waals surface area (Å²) in [5.74, 6) is 1.07. The van der Waals surface area contributed by atoms with Gasteiger partial charge < -0.3 is 20.5 Å². The highest BCUT2D eigenvalue weighted by atomic mass is 16.2. The fraction of sp³-hybridized carbons (Fsp3) is 0.333. The van der Waals surface area contributed by atoms with Crippen LogP contribution in [0.4, 0.5) is 10.6 Å². The van der Waals surface area contributed by atoms with Crippen molar-refractivity contribution in [3.63, 3.8) is 0 Å². The van der Waals surface area contributed by atoms with Gasteiger partial charge in [0, 0.05) is 36.8 Å². The quantitative estimate of drug-likeness (QED) is 0.453. The molecule has 3 aromatic heterocycles. The fourth-order valence-corrected chi connectivity index (χ4v) is 3.66. The van der Waals surface area contributed by atoms with Gasteiger partial charge in [0.1, 0.15) is 22.7 Å². The van der Waals surface area contributed by atoms with E-state index >= 15 is 0 Å². The third-order valence-electron chi connectivity index (χ3n) is 5.34. The zero-order valence-electron chi connectivity index (χ0n) is 17.4. The van der Waals surface area contributed by atoms with Crippen LogP contribution in [-0.4, -0.2) is 60.6 Å². The molecule has 30 heavy (non-hydrogen) atoms. The summed E-state index contributed by atoms with van der Waals surface area (Å²) in [5.41, 5.74) is 10.3. The van der Waals surface area contributed by atoms with Crippen LogP contribution in [0, 0.1) is 0 Å². The van der Waals surface area contributed by atoms with Gasteiger partial charge in [-0.05, 0) is 39.0 Å². The molecular formula is C21H26N8O. The van der Waals surface area contributed by atoms with Crippen LogP contribution in [0.25, 0.3) is 33.2 Å². The number of fused-ring (bicyclic) bond motifs is 3. The van der Waals surface area contributed by atoms with Crippen molar-refractivity contribution in [1.29, 1.82) is 0 Å². The molecule has 2 amide bonds. The third-order valence-corrected chi connectivity index (χ3v) is 5.34. The summed E-state index contributed by atoms with van der Waals surface area (Å²) in [7, 11) is 0. The fourth-order valence-electron chi connectivity index (χ4n) is 3.66. The number of hydrogen-bond donors (Lipinski definition) is 3. The van der Waals surface area contributed by atoms with Gasteiger partial charge in [0.05, 0.1) is 17.8 Å². The normalized spacial score (nSPS) is 11.3. The highest BCUT2D eigenvalue weighted by Crippen LogP contribution is 2.29. The number of urea groups is 1. The van der Waals surface area contributed by atoms with E-state index in [1.54, 1.807) is 16.0 Å². The average molecular weight is 406 g/mol. The van der Waals surface area contributed by atoms with E-state index in [1.165, 1.54) is 0 Å². The maximum Gasteiger partial charge on any atom is 0.320 e. The second kappa shape index (κ2) is 8.02. The Morgan fingerprint density at radius 2 is 1.83 bits per heavy atom. The molecule has 0 fully saturated rings. The van der Waals surface area contributed by atoms with Crippen molar-refractivity contribution in [2.45, 2.75) is 27.3 Å². The van der Waals surface area contributed by atoms with E-state index in [0.717, 1.165) is 27.7 Å². The minimum absolute atomic E-state index is 0.00288. The Balaban J connectivity index is 1.72. The van der Waals surface area contributed by atoms with Crippen LogP contribution in [0.1, 0.15) is 26.6 Å². The number of hydrogen-bond acceptors (Lipinski definition) is 5. The third kappa shape index (κ3) is 3.42. The number of amides is 2. The van der Waals surface area contributed by atoms with Crippen LogP contribution in [-0.2, 0) is 6.54 Å². The summed E-state index contributed by atoms with van der Waals surface area (Å²) in [6.07, 6.45) is 1.71. The van der Waals surface area contributed by atoms with Crippen molar-refractivity contribution >= 4 is 33.8 Å². The van der Waals surface area contributed by atoms with Crippen molar-refractivity contribution in [1.82, 2.24) is 34.9 Å². The summed E-state index contributed by atoms with van der Waals surface area (Å²) in [5, 5.41) is 7.87. The lowest BCUT2D eigenvalue weighted by molar-refractivity contribution is 0.156. The zero-order valence-corrected chi connectivity index (χ0v) is 17.4. The molecule has 0 radical (unpaired) electrons. The van der Waals surface area contributed by atoms with Crippen LogP contribution < -0.4 is 5.73 Å². The van der Waals surface area contributed by atoms with E-state index in [4.69, 9.17) is 10.7 Å². The Morgan fingerprint density at radius 1 is 1.07 bits per heavy atom. The molecule has 0 unspecified atom stereocenters. The lowest BCUT2D eigenvalue weighted by Crippen LogP contribution is -2.42. The topological polar surface area (TPSA) is 120 Å². The van der Waals surface area contributed by atoms with Gasteiger partial charge >= 0.3 is 6.03 Å². The molecular weight excluding hydrogens is 380 g/mol. The SMILES string of the molecule is CCN(CC)C(=O)N(CC)Cc1nc2c([nH]1)c(N)nc1cc(-c3ccn[nH]3)ccc12. The van der Waals surface area contributed by atoms with Crippen molar-refractivity contribution < 1.29 is 4.79 Å². The number of imidazole rings is 1.